The summed E-state index contributed by atoms with van der Waals surface area (Å²) in [6.07, 6.45) is 1.60. The molecule has 1 aromatic heterocycles. The van der Waals surface area contributed by atoms with Gasteiger partial charge in [0.05, 0.1) is 0 Å². The standard InChI is InChI=1S/C20H21NO2/c1-14-9-10-18(12-15(14)2)21-11-5-7-17-13-16-6-3-4-8-19(16)23-20(17)22/h3-4,6,8-10,12-13,21H,5,7,11H2,1-2H3. The molecule has 0 amide bonds. The number of para-hydroxylation sites is 1. The van der Waals surface area contributed by atoms with Crippen molar-refractivity contribution in [2.24, 2.45) is 0 Å². The van der Waals surface area contributed by atoms with Crippen LogP contribution in [0.5, 0.6) is 0 Å². The van der Waals surface area contributed by atoms with Crippen molar-refractivity contribution in [2.45, 2.75) is 26.7 Å². The largest absolute Gasteiger partial charge is 0.423 e. The van der Waals surface area contributed by atoms with Crippen molar-refractivity contribution in [3.8, 4) is 0 Å². The van der Waals surface area contributed by atoms with E-state index in [1.54, 1.807) is 0 Å². The molecule has 0 atom stereocenters. The molecule has 0 aliphatic heterocycles. The van der Waals surface area contributed by atoms with Crippen molar-refractivity contribution >= 4 is 16.7 Å². The lowest BCUT2D eigenvalue weighted by molar-refractivity contribution is 0.548. The summed E-state index contributed by atoms with van der Waals surface area (Å²) in [6, 6.07) is 15.9. The van der Waals surface area contributed by atoms with Crippen molar-refractivity contribution < 1.29 is 4.42 Å². The Morgan fingerprint density at radius 2 is 1.83 bits per heavy atom. The molecule has 0 bridgehead atoms. The van der Waals surface area contributed by atoms with Gasteiger partial charge in [0.15, 0.2) is 0 Å². The maximum Gasteiger partial charge on any atom is 0.339 e. The molecule has 1 heterocycles. The number of aryl methyl sites for hydroxylation is 3. The minimum Gasteiger partial charge on any atom is -0.423 e. The molecule has 0 spiro atoms. The fourth-order valence-electron chi connectivity index (χ4n) is 2.64. The van der Waals surface area contributed by atoms with Crippen LogP contribution in [-0.4, -0.2) is 6.54 Å². The molecule has 0 saturated heterocycles. The molecule has 0 fully saturated rings. The van der Waals surface area contributed by atoms with Crippen molar-refractivity contribution in [1.82, 2.24) is 0 Å². The van der Waals surface area contributed by atoms with Crippen LogP contribution in [0.1, 0.15) is 23.1 Å². The first kappa shape index (κ1) is 15.3. The molecule has 3 rings (SSSR count). The lowest BCUT2D eigenvalue weighted by atomic mass is 10.1. The Morgan fingerprint density at radius 3 is 2.65 bits per heavy atom. The highest BCUT2D eigenvalue weighted by molar-refractivity contribution is 5.76. The summed E-state index contributed by atoms with van der Waals surface area (Å²) in [6.45, 7) is 5.05. The van der Waals surface area contributed by atoms with Gasteiger partial charge in [-0.1, -0.05) is 24.3 Å². The zero-order chi connectivity index (χ0) is 16.2. The van der Waals surface area contributed by atoms with Gasteiger partial charge in [-0.3, -0.25) is 0 Å². The summed E-state index contributed by atoms with van der Waals surface area (Å²) in [5, 5.41) is 4.38. The Balaban J connectivity index is 1.61. The van der Waals surface area contributed by atoms with Crippen molar-refractivity contribution in [1.29, 1.82) is 0 Å². The van der Waals surface area contributed by atoms with Crippen LogP contribution in [0.2, 0.25) is 0 Å². The second kappa shape index (κ2) is 6.69. The molecule has 0 radical (unpaired) electrons. The SMILES string of the molecule is Cc1ccc(NCCCc2cc3ccccc3oc2=O)cc1C. The van der Waals surface area contributed by atoms with E-state index in [9.17, 15) is 4.79 Å². The first-order valence-corrected chi connectivity index (χ1v) is 7.96. The van der Waals surface area contributed by atoms with Crippen LogP contribution in [0.15, 0.2) is 57.7 Å². The number of hydrogen-bond donors (Lipinski definition) is 1. The third-order valence-corrected chi connectivity index (χ3v) is 4.17. The topological polar surface area (TPSA) is 42.2 Å². The van der Waals surface area contributed by atoms with Gasteiger partial charge in [-0.05, 0) is 62.1 Å². The monoisotopic (exact) mass is 307 g/mol. The third kappa shape index (κ3) is 3.62. The molecule has 2 aromatic carbocycles. The van der Waals surface area contributed by atoms with E-state index >= 15 is 0 Å². The van der Waals surface area contributed by atoms with Gasteiger partial charge in [-0.25, -0.2) is 4.79 Å². The number of fused-ring (bicyclic) bond motifs is 1. The maximum atomic E-state index is 12.0. The molecular formula is C20H21NO2. The predicted molar refractivity (Wildman–Crippen MR) is 95.2 cm³/mol. The van der Waals surface area contributed by atoms with E-state index in [0.29, 0.717) is 12.0 Å². The van der Waals surface area contributed by atoms with E-state index in [1.165, 1.54) is 11.1 Å². The molecule has 0 aliphatic carbocycles. The third-order valence-electron chi connectivity index (χ3n) is 4.17. The van der Waals surface area contributed by atoms with Gasteiger partial charge < -0.3 is 9.73 Å². The highest BCUT2D eigenvalue weighted by atomic mass is 16.4. The minimum atomic E-state index is -0.227. The molecule has 23 heavy (non-hydrogen) atoms. The van der Waals surface area contributed by atoms with Crippen molar-refractivity contribution in [3.63, 3.8) is 0 Å². The van der Waals surface area contributed by atoms with Gasteiger partial charge in [0.1, 0.15) is 5.58 Å². The normalized spacial score (nSPS) is 10.9. The van der Waals surface area contributed by atoms with Crippen LogP contribution in [0, 0.1) is 13.8 Å². The molecular weight excluding hydrogens is 286 g/mol. The molecule has 3 nitrogen and oxygen atoms in total. The fraction of sp³-hybridized carbons (Fsp3) is 0.250. The molecule has 0 saturated carbocycles. The van der Waals surface area contributed by atoms with Crippen LogP contribution in [0.25, 0.3) is 11.0 Å². The van der Waals surface area contributed by atoms with E-state index in [4.69, 9.17) is 4.42 Å². The predicted octanol–water partition coefficient (Wildman–Crippen LogP) is 4.45. The number of hydrogen-bond acceptors (Lipinski definition) is 3. The van der Waals surface area contributed by atoms with Crippen LogP contribution in [0.4, 0.5) is 5.69 Å². The zero-order valence-corrected chi connectivity index (χ0v) is 13.6. The average Bonchev–Trinajstić information content (AvgIpc) is 2.55. The minimum absolute atomic E-state index is 0.227. The Labute approximate surface area is 136 Å². The Kier molecular flexibility index (Phi) is 4.47. The Hall–Kier alpha value is -2.55. The summed E-state index contributed by atoms with van der Waals surface area (Å²) < 4.78 is 5.36. The number of nitrogens with one attached hydrogen (secondary N) is 1. The van der Waals surface area contributed by atoms with E-state index in [2.05, 4.69) is 37.4 Å². The quantitative estimate of drug-likeness (QED) is 0.559. The Bertz CT molecular complexity index is 880. The Morgan fingerprint density at radius 1 is 1.00 bits per heavy atom. The molecule has 118 valence electrons. The summed E-state index contributed by atoms with van der Waals surface area (Å²) in [7, 11) is 0. The zero-order valence-electron chi connectivity index (χ0n) is 13.6. The highest BCUT2D eigenvalue weighted by Gasteiger charge is 2.05. The van der Waals surface area contributed by atoms with Crippen LogP contribution >= 0.6 is 0 Å². The van der Waals surface area contributed by atoms with Crippen molar-refractivity contribution in [2.75, 3.05) is 11.9 Å². The molecule has 0 unspecified atom stereocenters. The number of benzene rings is 2. The lowest BCUT2D eigenvalue weighted by Crippen LogP contribution is -2.10. The van der Waals surface area contributed by atoms with Crippen LogP contribution in [0.3, 0.4) is 0 Å². The summed E-state index contributed by atoms with van der Waals surface area (Å²) in [5.74, 6) is 0. The van der Waals surface area contributed by atoms with E-state index in [0.717, 1.165) is 29.6 Å². The molecule has 3 aromatic rings. The second-order valence-corrected chi connectivity index (χ2v) is 5.93. The van der Waals surface area contributed by atoms with Crippen LogP contribution < -0.4 is 10.9 Å². The average molecular weight is 307 g/mol. The van der Waals surface area contributed by atoms with Gasteiger partial charge in [0.25, 0.3) is 0 Å². The molecule has 3 heteroatoms. The van der Waals surface area contributed by atoms with Gasteiger partial charge in [-0.2, -0.15) is 0 Å². The lowest BCUT2D eigenvalue weighted by Gasteiger charge is -2.08. The smallest absolute Gasteiger partial charge is 0.339 e. The van der Waals surface area contributed by atoms with Gasteiger partial charge in [-0.15, -0.1) is 0 Å². The number of anilines is 1. The van der Waals surface area contributed by atoms with Crippen LogP contribution in [-0.2, 0) is 6.42 Å². The summed E-state index contributed by atoms with van der Waals surface area (Å²) >= 11 is 0. The number of rotatable bonds is 5. The summed E-state index contributed by atoms with van der Waals surface area (Å²) in [5.41, 5.74) is 4.86. The first-order chi connectivity index (χ1) is 11.1. The second-order valence-electron chi connectivity index (χ2n) is 5.93. The fourth-order valence-corrected chi connectivity index (χ4v) is 2.64. The van der Waals surface area contributed by atoms with Gasteiger partial charge in [0.2, 0.25) is 0 Å². The first-order valence-electron chi connectivity index (χ1n) is 7.96. The van der Waals surface area contributed by atoms with E-state index in [-0.39, 0.29) is 5.63 Å². The highest BCUT2D eigenvalue weighted by Crippen LogP contribution is 2.15. The molecule has 0 aliphatic rings. The summed E-state index contributed by atoms with van der Waals surface area (Å²) in [4.78, 5) is 12.0. The van der Waals surface area contributed by atoms with Gasteiger partial charge in [0, 0.05) is 23.2 Å². The van der Waals surface area contributed by atoms with E-state index in [1.807, 2.05) is 30.3 Å². The van der Waals surface area contributed by atoms with Crippen molar-refractivity contribution in [3.05, 3.63) is 75.6 Å². The van der Waals surface area contributed by atoms with E-state index < -0.39 is 0 Å². The molecule has 1 N–H and O–H groups in total. The van der Waals surface area contributed by atoms with Gasteiger partial charge >= 0.3 is 5.63 Å². The maximum absolute atomic E-state index is 12.0.